The summed E-state index contributed by atoms with van der Waals surface area (Å²) in [6.45, 7) is 5.41. The number of benzene rings is 1. The van der Waals surface area contributed by atoms with E-state index in [9.17, 15) is 0 Å². The van der Waals surface area contributed by atoms with Gasteiger partial charge in [0.25, 0.3) is 0 Å². The van der Waals surface area contributed by atoms with Gasteiger partial charge in [0.1, 0.15) is 0 Å². The Morgan fingerprint density at radius 1 is 1.39 bits per heavy atom. The Hall–Kier alpha value is -0.770. The number of nitrogens with two attached hydrogens (primary N) is 1. The lowest BCUT2D eigenvalue weighted by Crippen LogP contribution is -2.37. The molecule has 2 rings (SSSR count). The molecule has 1 aromatic rings. The van der Waals surface area contributed by atoms with Crippen molar-refractivity contribution in [3.8, 4) is 0 Å². The van der Waals surface area contributed by atoms with Crippen LogP contribution in [0.2, 0.25) is 5.02 Å². The molecule has 0 saturated carbocycles. The van der Waals surface area contributed by atoms with Gasteiger partial charge in [0, 0.05) is 37.0 Å². The maximum Gasteiger partial charge on any atom is 0.0608 e. The summed E-state index contributed by atoms with van der Waals surface area (Å²) in [7, 11) is 0. The first-order valence-corrected chi connectivity index (χ1v) is 6.97. The zero-order chi connectivity index (χ0) is 13.0. The Labute approximate surface area is 114 Å². The monoisotopic (exact) mass is 268 g/mol. The van der Waals surface area contributed by atoms with Crippen LogP contribution in [0.4, 0.5) is 5.69 Å². The quantitative estimate of drug-likeness (QED) is 0.913. The van der Waals surface area contributed by atoms with Gasteiger partial charge in [-0.3, -0.25) is 0 Å². The maximum absolute atomic E-state index is 6.20. The second kappa shape index (κ2) is 6.41. The molecule has 1 aliphatic rings. The van der Waals surface area contributed by atoms with Crippen molar-refractivity contribution in [2.75, 3.05) is 24.6 Å². The predicted molar refractivity (Wildman–Crippen MR) is 76.2 cm³/mol. The maximum atomic E-state index is 6.20. The average Bonchev–Trinajstić information content (AvgIpc) is 2.40. The Kier molecular flexibility index (Phi) is 4.87. The van der Waals surface area contributed by atoms with Gasteiger partial charge in [0.2, 0.25) is 0 Å². The van der Waals surface area contributed by atoms with Gasteiger partial charge in [-0.05, 0) is 37.5 Å². The number of rotatable bonds is 4. The highest BCUT2D eigenvalue weighted by Crippen LogP contribution is 2.26. The SMILES string of the molecule is CCOC1CCN(c2ccc(CN)c(Cl)c2)CC1. The fourth-order valence-electron chi connectivity index (χ4n) is 2.41. The minimum absolute atomic E-state index is 0.421. The third kappa shape index (κ3) is 3.16. The molecule has 1 aromatic carbocycles. The Morgan fingerprint density at radius 2 is 2.11 bits per heavy atom. The molecule has 0 amide bonds. The summed E-state index contributed by atoms with van der Waals surface area (Å²) in [6, 6.07) is 6.14. The zero-order valence-corrected chi connectivity index (χ0v) is 11.6. The molecule has 100 valence electrons. The van der Waals surface area contributed by atoms with Crippen molar-refractivity contribution in [2.24, 2.45) is 5.73 Å². The second-order valence-corrected chi connectivity index (χ2v) is 5.03. The molecule has 0 unspecified atom stereocenters. The topological polar surface area (TPSA) is 38.5 Å². The Balaban J connectivity index is 1.99. The van der Waals surface area contributed by atoms with Crippen molar-refractivity contribution >= 4 is 17.3 Å². The largest absolute Gasteiger partial charge is 0.378 e. The van der Waals surface area contributed by atoms with E-state index >= 15 is 0 Å². The van der Waals surface area contributed by atoms with Gasteiger partial charge in [-0.15, -0.1) is 0 Å². The lowest BCUT2D eigenvalue weighted by atomic mass is 10.1. The van der Waals surface area contributed by atoms with Crippen LogP contribution in [0.5, 0.6) is 0 Å². The van der Waals surface area contributed by atoms with E-state index in [1.807, 2.05) is 12.1 Å². The molecular formula is C14H21ClN2O. The van der Waals surface area contributed by atoms with Gasteiger partial charge < -0.3 is 15.4 Å². The van der Waals surface area contributed by atoms with Crippen molar-refractivity contribution < 1.29 is 4.74 Å². The molecule has 0 atom stereocenters. The first-order valence-electron chi connectivity index (χ1n) is 6.59. The molecule has 0 aromatic heterocycles. The third-order valence-electron chi connectivity index (χ3n) is 3.47. The summed E-state index contributed by atoms with van der Waals surface area (Å²) in [6.07, 6.45) is 2.60. The van der Waals surface area contributed by atoms with Gasteiger partial charge in [0.05, 0.1) is 6.10 Å². The molecule has 0 radical (unpaired) electrons. The van der Waals surface area contributed by atoms with Crippen molar-refractivity contribution in [3.05, 3.63) is 28.8 Å². The number of piperidine rings is 1. The molecule has 3 nitrogen and oxygen atoms in total. The van der Waals surface area contributed by atoms with Crippen molar-refractivity contribution in [3.63, 3.8) is 0 Å². The minimum atomic E-state index is 0.421. The molecular weight excluding hydrogens is 248 g/mol. The standard InChI is InChI=1S/C14H21ClN2O/c1-2-18-13-5-7-17(8-6-13)12-4-3-11(10-16)14(15)9-12/h3-4,9,13H,2,5-8,10,16H2,1H3. The fraction of sp³-hybridized carbons (Fsp3) is 0.571. The molecule has 2 N–H and O–H groups in total. The molecule has 0 spiro atoms. The average molecular weight is 269 g/mol. The number of halogens is 1. The predicted octanol–water partition coefficient (Wildman–Crippen LogP) is 2.80. The molecule has 18 heavy (non-hydrogen) atoms. The smallest absolute Gasteiger partial charge is 0.0608 e. The van der Waals surface area contributed by atoms with Crippen molar-refractivity contribution in [2.45, 2.75) is 32.4 Å². The van der Waals surface area contributed by atoms with Gasteiger partial charge in [-0.25, -0.2) is 0 Å². The van der Waals surface area contributed by atoms with Crippen molar-refractivity contribution in [1.29, 1.82) is 0 Å². The van der Waals surface area contributed by atoms with E-state index in [0.29, 0.717) is 12.6 Å². The first-order chi connectivity index (χ1) is 8.74. The lowest BCUT2D eigenvalue weighted by Gasteiger charge is -2.33. The molecule has 0 bridgehead atoms. The normalized spacial score (nSPS) is 17.2. The van der Waals surface area contributed by atoms with Crippen LogP contribution in [-0.2, 0) is 11.3 Å². The number of ether oxygens (including phenoxy) is 1. The number of nitrogens with zero attached hydrogens (tertiary/aromatic N) is 1. The summed E-state index contributed by atoms with van der Waals surface area (Å²) in [4.78, 5) is 2.36. The van der Waals surface area contributed by atoms with Crippen molar-refractivity contribution in [1.82, 2.24) is 0 Å². The molecule has 1 aliphatic heterocycles. The van der Waals surface area contributed by atoms with Crippen LogP contribution in [0.15, 0.2) is 18.2 Å². The third-order valence-corrected chi connectivity index (χ3v) is 3.82. The Bertz CT molecular complexity index is 389. The van der Waals surface area contributed by atoms with Gasteiger partial charge in [-0.1, -0.05) is 17.7 Å². The van der Waals surface area contributed by atoms with Crippen LogP contribution in [0, 0.1) is 0 Å². The van der Waals surface area contributed by atoms with Crippen LogP contribution in [0.25, 0.3) is 0 Å². The fourth-order valence-corrected chi connectivity index (χ4v) is 2.67. The summed E-state index contributed by atoms with van der Waals surface area (Å²) < 4.78 is 5.66. The van der Waals surface area contributed by atoms with E-state index in [1.165, 1.54) is 5.69 Å². The van der Waals surface area contributed by atoms with E-state index < -0.39 is 0 Å². The number of hydrogen-bond acceptors (Lipinski definition) is 3. The summed E-state index contributed by atoms with van der Waals surface area (Å²) >= 11 is 6.20. The molecule has 4 heteroatoms. The molecule has 1 heterocycles. The summed E-state index contributed by atoms with van der Waals surface area (Å²) in [5.74, 6) is 0. The van der Waals surface area contributed by atoms with E-state index in [0.717, 1.165) is 43.1 Å². The van der Waals surface area contributed by atoms with Crippen LogP contribution in [0.3, 0.4) is 0 Å². The van der Waals surface area contributed by atoms with Gasteiger partial charge >= 0.3 is 0 Å². The second-order valence-electron chi connectivity index (χ2n) is 4.62. The highest BCUT2D eigenvalue weighted by molar-refractivity contribution is 6.31. The number of anilines is 1. The van der Waals surface area contributed by atoms with Crippen LogP contribution < -0.4 is 10.6 Å². The number of hydrogen-bond donors (Lipinski definition) is 1. The first kappa shape index (κ1) is 13.7. The zero-order valence-electron chi connectivity index (χ0n) is 10.9. The Morgan fingerprint density at radius 3 is 2.67 bits per heavy atom. The van der Waals surface area contributed by atoms with Crippen LogP contribution in [-0.4, -0.2) is 25.8 Å². The van der Waals surface area contributed by atoms with E-state index in [1.54, 1.807) is 0 Å². The molecule has 1 saturated heterocycles. The van der Waals surface area contributed by atoms with Gasteiger partial charge in [-0.2, -0.15) is 0 Å². The minimum Gasteiger partial charge on any atom is -0.378 e. The summed E-state index contributed by atoms with van der Waals surface area (Å²) in [5.41, 5.74) is 7.81. The van der Waals surface area contributed by atoms with E-state index in [-0.39, 0.29) is 0 Å². The van der Waals surface area contributed by atoms with Crippen LogP contribution >= 0.6 is 11.6 Å². The molecule has 0 aliphatic carbocycles. The highest BCUT2D eigenvalue weighted by Gasteiger charge is 2.19. The summed E-state index contributed by atoms with van der Waals surface area (Å²) in [5, 5.41) is 0.766. The lowest BCUT2D eigenvalue weighted by molar-refractivity contribution is 0.0459. The highest BCUT2D eigenvalue weighted by atomic mass is 35.5. The van der Waals surface area contributed by atoms with Gasteiger partial charge in [0.15, 0.2) is 0 Å². The molecule has 1 fully saturated rings. The van der Waals surface area contributed by atoms with Crippen LogP contribution in [0.1, 0.15) is 25.3 Å². The van der Waals surface area contributed by atoms with E-state index in [4.69, 9.17) is 22.1 Å². The van der Waals surface area contributed by atoms with E-state index in [2.05, 4.69) is 17.9 Å².